The minimum Gasteiger partial charge on any atom is -0.508 e. The molecule has 2 aliphatic rings. The molecule has 0 spiro atoms. The number of aryl methyl sites for hydroxylation is 1. The zero-order valence-electron chi connectivity index (χ0n) is 14.5. The van der Waals surface area contributed by atoms with Crippen molar-refractivity contribution >= 4 is 6.08 Å². The number of benzene rings is 1. The van der Waals surface area contributed by atoms with Gasteiger partial charge in [0.1, 0.15) is 23.9 Å². The molecule has 0 saturated carbocycles. The Morgan fingerprint density at radius 2 is 2.24 bits per heavy atom. The molecule has 25 heavy (non-hydrogen) atoms. The van der Waals surface area contributed by atoms with Crippen molar-refractivity contribution in [2.45, 2.75) is 32.7 Å². The van der Waals surface area contributed by atoms with Crippen LogP contribution in [0.3, 0.4) is 0 Å². The number of hydrogen-bond acceptors (Lipinski definition) is 5. The van der Waals surface area contributed by atoms with E-state index in [1.165, 1.54) is 16.8 Å². The van der Waals surface area contributed by atoms with Gasteiger partial charge in [-0.25, -0.2) is 9.97 Å². The topological polar surface area (TPSA) is 58.5 Å². The Balaban J connectivity index is 1.46. The second-order valence-corrected chi connectivity index (χ2v) is 6.78. The molecule has 0 atom stereocenters. The first-order valence-electron chi connectivity index (χ1n) is 8.92. The highest BCUT2D eigenvalue weighted by Crippen LogP contribution is 2.30. The van der Waals surface area contributed by atoms with Gasteiger partial charge >= 0.3 is 0 Å². The van der Waals surface area contributed by atoms with E-state index in [-0.39, 0.29) is 5.75 Å². The van der Waals surface area contributed by atoms with E-state index >= 15 is 0 Å². The van der Waals surface area contributed by atoms with Gasteiger partial charge in [-0.3, -0.25) is 4.90 Å². The molecule has 0 aliphatic carbocycles. The Morgan fingerprint density at radius 3 is 3.12 bits per heavy atom. The van der Waals surface area contributed by atoms with Crippen molar-refractivity contribution in [3.8, 4) is 11.5 Å². The lowest BCUT2D eigenvalue weighted by atomic mass is 10.0. The molecule has 1 aromatic heterocycles. The summed E-state index contributed by atoms with van der Waals surface area (Å²) in [4.78, 5) is 11.6. The molecule has 1 N–H and O–H groups in total. The van der Waals surface area contributed by atoms with Crippen LogP contribution >= 0.6 is 0 Å². The number of rotatable bonds is 4. The molecule has 5 nitrogen and oxygen atoms in total. The van der Waals surface area contributed by atoms with Crippen molar-refractivity contribution in [1.82, 2.24) is 14.9 Å². The van der Waals surface area contributed by atoms with E-state index < -0.39 is 0 Å². The van der Waals surface area contributed by atoms with Gasteiger partial charge in [-0.1, -0.05) is 6.92 Å². The summed E-state index contributed by atoms with van der Waals surface area (Å²) in [6.07, 6.45) is 7.14. The third-order valence-electron chi connectivity index (χ3n) is 4.73. The fourth-order valence-corrected chi connectivity index (χ4v) is 3.49. The average Bonchev–Trinajstić information content (AvgIpc) is 2.62. The zero-order chi connectivity index (χ0) is 17.2. The first-order valence-corrected chi connectivity index (χ1v) is 8.92. The number of hydrogen-bond donors (Lipinski definition) is 1. The summed E-state index contributed by atoms with van der Waals surface area (Å²) in [5, 5.41) is 9.66. The standard InChI is InChI=1S/C20H23N3O2/c1-2-3-20-21-10-16-12-23(7-6-18(16)22-20)11-14-8-15-9-17(24)4-5-19(15)25-13-14/h4-5,8-10,24H,2-3,6-7,11-13H2,1H3. The van der Waals surface area contributed by atoms with Gasteiger partial charge in [-0.05, 0) is 36.3 Å². The van der Waals surface area contributed by atoms with Crippen molar-refractivity contribution in [2.75, 3.05) is 19.7 Å². The Bertz CT molecular complexity index is 817. The molecule has 0 radical (unpaired) electrons. The molecule has 1 aromatic carbocycles. The van der Waals surface area contributed by atoms with Crippen LogP contribution in [0.25, 0.3) is 6.08 Å². The molecule has 0 unspecified atom stereocenters. The van der Waals surface area contributed by atoms with Gasteiger partial charge in [0.05, 0.1) is 0 Å². The van der Waals surface area contributed by atoms with E-state index in [0.29, 0.717) is 6.61 Å². The van der Waals surface area contributed by atoms with Crippen LogP contribution in [0.4, 0.5) is 0 Å². The second-order valence-electron chi connectivity index (χ2n) is 6.78. The van der Waals surface area contributed by atoms with Gasteiger partial charge in [0.2, 0.25) is 0 Å². The number of aromatic nitrogens is 2. The lowest BCUT2D eigenvalue weighted by molar-refractivity contribution is 0.254. The Morgan fingerprint density at radius 1 is 1.32 bits per heavy atom. The van der Waals surface area contributed by atoms with E-state index in [9.17, 15) is 5.11 Å². The highest BCUT2D eigenvalue weighted by atomic mass is 16.5. The SMILES string of the molecule is CCCc1ncc2c(n1)CCN(CC1=Cc3cc(O)ccc3OC1)C2. The van der Waals surface area contributed by atoms with Gasteiger partial charge in [-0.2, -0.15) is 0 Å². The van der Waals surface area contributed by atoms with Crippen LogP contribution in [0.1, 0.15) is 36.0 Å². The lowest BCUT2D eigenvalue weighted by Crippen LogP contribution is -2.34. The number of nitrogens with zero attached hydrogens (tertiary/aromatic N) is 3. The summed E-state index contributed by atoms with van der Waals surface area (Å²) in [6, 6.07) is 5.23. The monoisotopic (exact) mass is 337 g/mol. The minimum atomic E-state index is 0.270. The number of phenolic OH excluding ortho intramolecular Hbond substituents is 1. The fourth-order valence-electron chi connectivity index (χ4n) is 3.49. The maximum atomic E-state index is 9.66. The number of ether oxygens (including phenoxy) is 1. The zero-order valence-corrected chi connectivity index (χ0v) is 14.5. The van der Waals surface area contributed by atoms with Crippen molar-refractivity contribution in [3.05, 3.63) is 52.6 Å². The van der Waals surface area contributed by atoms with E-state index in [1.807, 2.05) is 12.3 Å². The van der Waals surface area contributed by atoms with Crippen LogP contribution < -0.4 is 4.74 Å². The van der Waals surface area contributed by atoms with Crippen LogP contribution in [0.15, 0.2) is 30.0 Å². The molecule has 0 bridgehead atoms. The van der Waals surface area contributed by atoms with E-state index in [0.717, 1.165) is 56.0 Å². The van der Waals surface area contributed by atoms with Crippen LogP contribution in [0.2, 0.25) is 0 Å². The summed E-state index contributed by atoms with van der Waals surface area (Å²) in [5.74, 6) is 2.07. The maximum Gasteiger partial charge on any atom is 0.128 e. The molecule has 2 aromatic rings. The first kappa shape index (κ1) is 16.1. The molecule has 0 fully saturated rings. The number of fused-ring (bicyclic) bond motifs is 2. The normalized spacial score (nSPS) is 16.6. The fraction of sp³-hybridized carbons (Fsp3) is 0.400. The Kier molecular flexibility index (Phi) is 4.40. The number of phenols is 1. The van der Waals surface area contributed by atoms with E-state index in [2.05, 4.69) is 22.9 Å². The molecule has 130 valence electrons. The second kappa shape index (κ2) is 6.84. The molecular formula is C20H23N3O2. The quantitative estimate of drug-likeness (QED) is 0.929. The summed E-state index contributed by atoms with van der Waals surface area (Å²) in [7, 11) is 0. The largest absolute Gasteiger partial charge is 0.508 e. The van der Waals surface area contributed by atoms with Gasteiger partial charge in [0.25, 0.3) is 0 Å². The maximum absolute atomic E-state index is 9.66. The predicted molar refractivity (Wildman–Crippen MR) is 96.6 cm³/mol. The molecule has 5 heteroatoms. The molecule has 0 saturated heterocycles. The average molecular weight is 337 g/mol. The van der Waals surface area contributed by atoms with Crippen LogP contribution in [-0.2, 0) is 19.4 Å². The molecular weight excluding hydrogens is 314 g/mol. The van der Waals surface area contributed by atoms with Crippen LogP contribution in [-0.4, -0.2) is 39.7 Å². The van der Waals surface area contributed by atoms with Crippen LogP contribution in [0, 0.1) is 0 Å². The van der Waals surface area contributed by atoms with Crippen molar-refractivity contribution in [3.63, 3.8) is 0 Å². The van der Waals surface area contributed by atoms with Gasteiger partial charge < -0.3 is 9.84 Å². The third kappa shape index (κ3) is 3.51. The van der Waals surface area contributed by atoms with Crippen molar-refractivity contribution in [1.29, 1.82) is 0 Å². The van der Waals surface area contributed by atoms with Gasteiger partial charge in [-0.15, -0.1) is 0 Å². The summed E-state index contributed by atoms with van der Waals surface area (Å²) >= 11 is 0. The Hall–Kier alpha value is -2.40. The highest BCUT2D eigenvalue weighted by Gasteiger charge is 2.21. The molecule has 2 aliphatic heterocycles. The summed E-state index contributed by atoms with van der Waals surface area (Å²) in [5.41, 5.74) is 4.62. The summed E-state index contributed by atoms with van der Waals surface area (Å²) < 4.78 is 5.81. The lowest BCUT2D eigenvalue weighted by Gasteiger charge is -2.30. The number of aromatic hydroxyl groups is 1. The summed E-state index contributed by atoms with van der Waals surface area (Å²) in [6.45, 7) is 5.51. The van der Waals surface area contributed by atoms with E-state index in [4.69, 9.17) is 9.72 Å². The van der Waals surface area contributed by atoms with Gasteiger partial charge in [0.15, 0.2) is 0 Å². The third-order valence-corrected chi connectivity index (χ3v) is 4.73. The van der Waals surface area contributed by atoms with Crippen molar-refractivity contribution in [2.24, 2.45) is 0 Å². The minimum absolute atomic E-state index is 0.270. The first-order chi connectivity index (χ1) is 12.2. The van der Waals surface area contributed by atoms with Gasteiger partial charge in [0, 0.05) is 55.5 Å². The molecule has 3 heterocycles. The van der Waals surface area contributed by atoms with E-state index in [1.54, 1.807) is 12.1 Å². The molecule has 4 rings (SSSR count). The smallest absolute Gasteiger partial charge is 0.128 e. The predicted octanol–water partition coefficient (Wildman–Crippen LogP) is 2.97. The highest BCUT2D eigenvalue weighted by molar-refractivity contribution is 5.64. The van der Waals surface area contributed by atoms with Crippen molar-refractivity contribution < 1.29 is 9.84 Å². The van der Waals surface area contributed by atoms with Crippen LogP contribution in [0.5, 0.6) is 11.5 Å². The molecule has 0 amide bonds. The Labute approximate surface area is 148 Å².